The van der Waals surface area contributed by atoms with Crippen molar-refractivity contribution >= 4 is 11.8 Å². The van der Waals surface area contributed by atoms with Crippen LogP contribution in [0.4, 0.5) is 0 Å². The zero-order valence-electron chi connectivity index (χ0n) is 16.4. The van der Waals surface area contributed by atoms with E-state index in [9.17, 15) is 9.59 Å². The molecule has 0 rings (SSSR count). The molecule has 0 unspecified atom stereocenters. The number of allylic oxidation sites excluding steroid dienone is 2. The highest BCUT2D eigenvalue weighted by molar-refractivity contribution is 5.78. The van der Waals surface area contributed by atoms with Gasteiger partial charge in [0.25, 0.3) is 0 Å². The lowest BCUT2D eigenvalue weighted by Crippen LogP contribution is -2.34. The smallest absolute Gasteiger partial charge is 0.249 e. The van der Waals surface area contributed by atoms with Gasteiger partial charge in [0.2, 0.25) is 11.8 Å². The molecule has 0 aliphatic heterocycles. The van der Waals surface area contributed by atoms with Crippen LogP contribution in [0.15, 0.2) is 12.2 Å². The van der Waals surface area contributed by atoms with Gasteiger partial charge >= 0.3 is 0 Å². The fourth-order valence-corrected chi connectivity index (χ4v) is 2.45. The minimum atomic E-state index is -0.138. The number of amides is 2. The fourth-order valence-electron chi connectivity index (χ4n) is 2.45. The third-order valence-electron chi connectivity index (χ3n) is 4.36. The van der Waals surface area contributed by atoms with Crippen LogP contribution in [0.3, 0.4) is 0 Å². The Balaban J connectivity index is 4.80. The van der Waals surface area contributed by atoms with Crippen molar-refractivity contribution in [2.45, 2.75) is 40.5 Å². The molecular formula is C18H34N2O4. The number of carbonyl (C=O) groups is 2. The number of nitrogens with zero attached hydrogens (tertiary/aromatic N) is 2. The quantitative estimate of drug-likeness (QED) is 0.452. The number of rotatable bonds is 10. The maximum absolute atomic E-state index is 12.3. The van der Waals surface area contributed by atoms with Crippen molar-refractivity contribution in [2.75, 3.05) is 28.3 Å². The molecule has 0 saturated heterocycles. The Bertz CT molecular complexity index is 383. The molecule has 0 aromatic carbocycles. The van der Waals surface area contributed by atoms with Gasteiger partial charge in [-0.25, -0.2) is 10.1 Å². The predicted octanol–water partition coefficient (Wildman–Crippen LogP) is 2.91. The minimum Gasteiger partial charge on any atom is -0.275 e. The van der Waals surface area contributed by atoms with Gasteiger partial charge in [0.15, 0.2) is 0 Å². The van der Waals surface area contributed by atoms with E-state index in [1.54, 1.807) is 14.1 Å². The molecule has 0 aliphatic rings. The van der Waals surface area contributed by atoms with Crippen LogP contribution in [0.25, 0.3) is 0 Å². The molecule has 140 valence electrons. The topological polar surface area (TPSA) is 59.1 Å². The van der Waals surface area contributed by atoms with Crippen molar-refractivity contribution < 1.29 is 19.3 Å². The third-order valence-corrected chi connectivity index (χ3v) is 4.36. The van der Waals surface area contributed by atoms with E-state index in [-0.39, 0.29) is 35.5 Å². The first-order chi connectivity index (χ1) is 11.2. The largest absolute Gasteiger partial charge is 0.275 e. The molecule has 6 heteroatoms. The molecule has 0 radical (unpaired) electrons. The predicted molar refractivity (Wildman–Crippen MR) is 94.6 cm³/mol. The molecule has 0 aromatic rings. The number of hydroxylamine groups is 4. The van der Waals surface area contributed by atoms with E-state index >= 15 is 0 Å². The highest BCUT2D eigenvalue weighted by atomic mass is 16.7. The number of hydrogen-bond acceptors (Lipinski definition) is 4. The Labute approximate surface area is 146 Å². The Kier molecular flexibility index (Phi) is 10.6. The highest BCUT2D eigenvalue weighted by Crippen LogP contribution is 2.21. The fraction of sp³-hybridized carbons (Fsp3) is 0.778. The van der Waals surface area contributed by atoms with Gasteiger partial charge in [-0.2, -0.15) is 0 Å². The van der Waals surface area contributed by atoms with Gasteiger partial charge in [0.1, 0.15) is 0 Å². The molecule has 6 nitrogen and oxygen atoms in total. The summed E-state index contributed by atoms with van der Waals surface area (Å²) in [4.78, 5) is 34.5. The van der Waals surface area contributed by atoms with Crippen molar-refractivity contribution in [1.29, 1.82) is 0 Å². The molecule has 0 bridgehead atoms. The van der Waals surface area contributed by atoms with E-state index in [1.165, 1.54) is 24.3 Å². The minimum absolute atomic E-state index is 0.0345. The molecule has 0 heterocycles. The van der Waals surface area contributed by atoms with Gasteiger partial charge in [0.05, 0.1) is 14.2 Å². The van der Waals surface area contributed by atoms with Crippen molar-refractivity contribution in [1.82, 2.24) is 10.1 Å². The molecule has 0 saturated carbocycles. The zero-order valence-corrected chi connectivity index (χ0v) is 16.4. The van der Waals surface area contributed by atoms with Gasteiger partial charge < -0.3 is 0 Å². The lowest BCUT2D eigenvalue weighted by Gasteiger charge is -2.24. The van der Waals surface area contributed by atoms with Crippen LogP contribution in [0, 0.1) is 23.7 Å². The van der Waals surface area contributed by atoms with E-state index in [1.807, 2.05) is 39.8 Å². The van der Waals surface area contributed by atoms with E-state index in [0.29, 0.717) is 12.8 Å². The summed E-state index contributed by atoms with van der Waals surface area (Å²) in [5, 5.41) is 2.54. The van der Waals surface area contributed by atoms with Crippen molar-refractivity contribution in [3.05, 3.63) is 12.2 Å². The average molecular weight is 342 g/mol. The normalized spacial score (nSPS) is 14.2. The maximum Gasteiger partial charge on any atom is 0.249 e. The van der Waals surface area contributed by atoms with Crippen LogP contribution in [0.5, 0.6) is 0 Å². The van der Waals surface area contributed by atoms with Crippen molar-refractivity contribution in [2.24, 2.45) is 23.7 Å². The summed E-state index contributed by atoms with van der Waals surface area (Å²) >= 11 is 0. The summed E-state index contributed by atoms with van der Waals surface area (Å²) in [6.07, 6.45) is 5.23. The second-order valence-corrected chi connectivity index (χ2v) is 6.68. The number of hydrogen-bond donors (Lipinski definition) is 0. The summed E-state index contributed by atoms with van der Waals surface area (Å²) in [6, 6.07) is 0. The van der Waals surface area contributed by atoms with Gasteiger partial charge in [-0.05, 0) is 24.7 Å². The molecular weight excluding hydrogens is 308 g/mol. The maximum atomic E-state index is 12.3. The van der Waals surface area contributed by atoms with Crippen LogP contribution >= 0.6 is 0 Å². The first kappa shape index (κ1) is 22.6. The second-order valence-electron chi connectivity index (χ2n) is 6.68. The van der Waals surface area contributed by atoms with E-state index in [4.69, 9.17) is 9.68 Å². The molecule has 0 N–H and O–H groups in total. The number of carbonyl (C=O) groups excluding carboxylic acids is 2. The summed E-state index contributed by atoms with van der Waals surface area (Å²) < 4.78 is 0. The van der Waals surface area contributed by atoms with Crippen LogP contribution in [-0.2, 0) is 19.3 Å². The zero-order chi connectivity index (χ0) is 18.9. The first-order valence-electron chi connectivity index (χ1n) is 8.45. The standard InChI is InChI=1S/C18H34N2O4/c1-13(2)15(17(21)19(5)23-7)11-9-10-12-16(14(3)4)18(22)20(6)24-8/h9-10,13-16H,11-12H2,1-8H3/t15-,16-/m0/s1. The van der Waals surface area contributed by atoms with Crippen LogP contribution < -0.4 is 0 Å². The first-order valence-corrected chi connectivity index (χ1v) is 8.45. The third kappa shape index (κ3) is 7.01. The second kappa shape index (κ2) is 11.2. The molecule has 24 heavy (non-hydrogen) atoms. The SMILES string of the molecule is CON(C)C(=O)[C@@H](CC=CC[C@H](C(=O)N(C)OC)C(C)C)C(C)C. The molecule has 0 fully saturated rings. The molecule has 0 spiro atoms. The monoisotopic (exact) mass is 342 g/mol. The van der Waals surface area contributed by atoms with E-state index < -0.39 is 0 Å². The summed E-state index contributed by atoms with van der Waals surface area (Å²) in [5.41, 5.74) is 0. The molecule has 2 amide bonds. The summed E-state index contributed by atoms with van der Waals surface area (Å²) in [5.74, 6) is 0.0754. The van der Waals surface area contributed by atoms with E-state index in [2.05, 4.69) is 0 Å². The van der Waals surface area contributed by atoms with Gasteiger partial charge in [-0.1, -0.05) is 39.8 Å². The van der Waals surface area contributed by atoms with Gasteiger partial charge in [-0.15, -0.1) is 0 Å². The van der Waals surface area contributed by atoms with Crippen LogP contribution in [0.2, 0.25) is 0 Å². The van der Waals surface area contributed by atoms with Crippen molar-refractivity contribution in [3.63, 3.8) is 0 Å². The average Bonchev–Trinajstić information content (AvgIpc) is 2.54. The lowest BCUT2D eigenvalue weighted by molar-refractivity contribution is -0.175. The summed E-state index contributed by atoms with van der Waals surface area (Å²) in [7, 11) is 6.21. The lowest BCUT2D eigenvalue weighted by atomic mass is 9.89. The molecule has 0 aliphatic carbocycles. The van der Waals surface area contributed by atoms with Gasteiger partial charge in [-0.3, -0.25) is 19.3 Å². The molecule has 2 atom stereocenters. The highest BCUT2D eigenvalue weighted by Gasteiger charge is 2.26. The Morgan fingerprint density at radius 1 is 0.792 bits per heavy atom. The van der Waals surface area contributed by atoms with Crippen LogP contribution in [0.1, 0.15) is 40.5 Å². The Morgan fingerprint density at radius 3 is 1.29 bits per heavy atom. The van der Waals surface area contributed by atoms with Crippen LogP contribution in [-0.4, -0.2) is 50.3 Å². The van der Waals surface area contributed by atoms with E-state index in [0.717, 1.165) is 0 Å². The Hall–Kier alpha value is -1.40. The van der Waals surface area contributed by atoms with Gasteiger partial charge in [0, 0.05) is 25.9 Å². The molecule has 0 aromatic heterocycles. The van der Waals surface area contributed by atoms with Crippen molar-refractivity contribution in [3.8, 4) is 0 Å². The Morgan fingerprint density at radius 2 is 1.08 bits per heavy atom. The summed E-state index contributed by atoms with van der Waals surface area (Å²) in [6.45, 7) is 8.09.